The van der Waals surface area contributed by atoms with Gasteiger partial charge >= 0.3 is 0 Å². The third kappa shape index (κ3) is 4.18. The third-order valence-electron chi connectivity index (χ3n) is 4.24. The van der Waals surface area contributed by atoms with Crippen molar-refractivity contribution in [1.82, 2.24) is 14.8 Å². The highest BCUT2D eigenvalue weighted by Gasteiger charge is 2.16. The Labute approximate surface area is 170 Å². The molecular weight excluding hydrogens is 390 g/mol. The monoisotopic (exact) mass is 404 g/mol. The molecule has 0 spiro atoms. The summed E-state index contributed by atoms with van der Waals surface area (Å²) in [5.74, 6) is 0.435. The fourth-order valence-electron chi connectivity index (χ4n) is 2.85. The van der Waals surface area contributed by atoms with Crippen LogP contribution in [0, 0.1) is 23.0 Å². The van der Waals surface area contributed by atoms with Crippen molar-refractivity contribution in [2.24, 2.45) is 0 Å². The second-order valence-corrected chi connectivity index (χ2v) is 7.17. The summed E-state index contributed by atoms with van der Waals surface area (Å²) in [4.78, 5) is 0. The van der Waals surface area contributed by atoms with Crippen LogP contribution in [-0.4, -0.2) is 14.8 Å². The van der Waals surface area contributed by atoms with Crippen LogP contribution in [0.4, 0.5) is 8.78 Å². The van der Waals surface area contributed by atoms with Crippen molar-refractivity contribution in [2.75, 3.05) is 0 Å². The molecule has 1 aromatic heterocycles. The first-order valence-corrected chi connectivity index (χ1v) is 9.72. The van der Waals surface area contributed by atoms with Gasteiger partial charge in [0, 0.05) is 17.0 Å². The maximum atomic E-state index is 13.4. The van der Waals surface area contributed by atoms with Gasteiger partial charge < -0.3 is 0 Å². The smallest absolute Gasteiger partial charge is 0.196 e. The topological polar surface area (TPSA) is 54.5 Å². The van der Waals surface area contributed by atoms with Gasteiger partial charge in [-0.25, -0.2) is 8.78 Å². The Hall–Kier alpha value is -3.50. The molecule has 4 aromatic rings. The molecule has 1 heterocycles. The highest BCUT2D eigenvalue weighted by Crippen LogP contribution is 2.30. The second-order valence-electron chi connectivity index (χ2n) is 6.23. The minimum atomic E-state index is -0.340. The van der Waals surface area contributed by atoms with Crippen molar-refractivity contribution in [3.63, 3.8) is 0 Å². The maximum Gasteiger partial charge on any atom is 0.196 e. The highest BCUT2D eigenvalue weighted by atomic mass is 32.2. The van der Waals surface area contributed by atoms with E-state index in [1.54, 1.807) is 30.3 Å². The molecule has 0 amide bonds. The Bertz CT molecular complexity index is 1180. The SMILES string of the molecule is N#Cc1cccc(CSc2nnc(-c3ccc(F)cc3)n2-c2ccc(F)cc2)c1. The molecule has 3 aromatic carbocycles. The summed E-state index contributed by atoms with van der Waals surface area (Å²) >= 11 is 1.45. The van der Waals surface area contributed by atoms with Crippen molar-refractivity contribution in [2.45, 2.75) is 10.9 Å². The summed E-state index contributed by atoms with van der Waals surface area (Å²) in [6, 6.07) is 21.5. The standard InChI is InChI=1S/C22H14F2N4S/c23-18-6-4-17(5-7-18)21-26-27-22(28(21)20-10-8-19(24)9-11-20)29-14-16-3-1-2-15(12-16)13-25/h1-12H,14H2. The van der Waals surface area contributed by atoms with Gasteiger partial charge in [0.05, 0.1) is 11.6 Å². The van der Waals surface area contributed by atoms with E-state index in [1.807, 2.05) is 22.8 Å². The van der Waals surface area contributed by atoms with Crippen LogP contribution in [-0.2, 0) is 5.75 Å². The summed E-state index contributed by atoms with van der Waals surface area (Å²) in [5, 5.41) is 18.3. The van der Waals surface area contributed by atoms with Gasteiger partial charge in [-0.2, -0.15) is 5.26 Å². The molecule has 0 N–H and O–H groups in total. The van der Waals surface area contributed by atoms with Gasteiger partial charge in [0.1, 0.15) is 11.6 Å². The summed E-state index contributed by atoms with van der Waals surface area (Å²) in [6.45, 7) is 0. The van der Waals surface area contributed by atoms with Crippen molar-refractivity contribution in [1.29, 1.82) is 5.26 Å². The average molecular weight is 404 g/mol. The van der Waals surface area contributed by atoms with Crippen molar-refractivity contribution >= 4 is 11.8 Å². The molecule has 0 aliphatic carbocycles. The molecule has 0 aliphatic rings. The molecule has 142 valence electrons. The molecule has 4 nitrogen and oxygen atoms in total. The zero-order chi connectivity index (χ0) is 20.2. The van der Waals surface area contributed by atoms with Crippen LogP contribution < -0.4 is 0 Å². The lowest BCUT2D eigenvalue weighted by Gasteiger charge is -2.10. The minimum absolute atomic E-state index is 0.339. The molecule has 0 unspecified atom stereocenters. The first-order chi connectivity index (χ1) is 14.1. The quantitative estimate of drug-likeness (QED) is 0.419. The molecule has 0 radical (unpaired) electrons. The molecule has 0 aliphatic heterocycles. The van der Waals surface area contributed by atoms with Crippen LogP contribution in [0.15, 0.2) is 78.0 Å². The number of rotatable bonds is 5. The Morgan fingerprint density at radius 3 is 2.28 bits per heavy atom. The van der Waals surface area contributed by atoms with Gasteiger partial charge in [-0.05, 0) is 66.2 Å². The molecule has 0 saturated heterocycles. The number of halogens is 2. The number of nitrogens with zero attached hydrogens (tertiary/aromatic N) is 4. The molecule has 0 atom stereocenters. The van der Waals surface area contributed by atoms with Gasteiger partial charge in [0.2, 0.25) is 0 Å². The summed E-state index contributed by atoms with van der Waals surface area (Å²) in [7, 11) is 0. The van der Waals surface area contributed by atoms with Gasteiger partial charge in [0.15, 0.2) is 11.0 Å². The minimum Gasteiger partial charge on any atom is -0.270 e. The van der Waals surface area contributed by atoms with Crippen molar-refractivity contribution in [3.8, 4) is 23.1 Å². The van der Waals surface area contributed by atoms with Gasteiger partial charge in [-0.15, -0.1) is 10.2 Å². The van der Waals surface area contributed by atoms with Crippen LogP contribution in [0.2, 0.25) is 0 Å². The number of thioether (sulfide) groups is 1. The Kier molecular flexibility index (Phi) is 5.36. The lowest BCUT2D eigenvalue weighted by molar-refractivity contribution is 0.626. The first-order valence-electron chi connectivity index (χ1n) is 8.73. The largest absolute Gasteiger partial charge is 0.270 e. The fourth-order valence-corrected chi connectivity index (χ4v) is 3.75. The first kappa shape index (κ1) is 18.8. The summed E-state index contributed by atoms with van der Waals surface area (Å²) < 4.78 is 28.6. The number of aromatic nitrogens is 3. The van der Waals surface area contributed by atoms with E-state index < -0.39 is 0 Å². The Morgan fingerprint density at radius 2 is 1.59 bits per heavy atom. The van der Waals surface area contributed by atoms with E-state index in [0.717, 1.165) is 5.56 Å². The predicted octanol–water partition coefficient (Wildman–Crippen LogP) is 5.38. The lowest BCUT2D eigenvalue weighted by Crippen LogP contribution is -2.00. The van der Waals surface area contributed by atoms with Crippen molar-refractivity contribution in [3.05, 3.63) is 95.6 Å². The van der Waals surface area contributed by atoms with E-state index in [9.17, 15) is 8.78 Å². The van der Waals surface area contributed by atoms with E-state index in [1.165, 1.54) is 36.0 Å². The maximum absolute atomic E-state index is 13.4. The van der Waals surface area contributed by atoms with Crippen LogP contribution >= 0.6 is 11.8 Å². The summed E-state index contributed by atoms with van der Waals surface area (Å²) in [6.07, 6.45) is 0. The second kappa shape index (κ2) is 8.25. The molecule has 29 heavy (non-hydrogen) atoms. The Morgan fingerprint density at radius 1 is 0.897 bits per heavy atom. The van der Waals surface area contributed by atoms with Gasteiger partial charge in [0.25, 0.3) is 0 Å². The number of hydrogen-bond acceptors (Lipinski definition) is 4. The molecular formula is C22H14F2N4S. The van der Waals surface area contributed by atoms with E-state index in [4.69, 9.17) is 5.26 Å². The van der Waals surface area contributed by atoms with E-state index in [0.29, 0.717) is 33.5 Å². The average Bonchev–Trinajstić information content (AvgIpc) is 3.17. The molecule has 0 saturated carbocycles. The number of hydrogen-bond donors (Lipinski definition) is 0. The number of benzene rings is 3. The normalized spacial score (nSPS) is 10.7. The molecule has 7 heteroatoms. The van der Waals surface area contributed by atoms with E-state index in [2.05, 4.69) is 16.3 Å². The van der Waals surface area contributed by atoms with Crippen LogP contribution in [0.1, 0.15) is 11.1 Å². The predicted molar refractivity (Wildman–Crippen MR) is 107 cm³/mol. The van der Waals surface area contributed by atoms with Crippen LogP contribution in [0.3, 0.4) is 0 Å². The fraction of sp³-hybridized carbons (Fsp3) is 0.0455. The Balaban J connectivity index is 1.72. The van der Waals surface area contributed by atoms with Gasteiger partial charge in [-0.3, -0.25) is 4.57 Å². The van der Waals surface area contributed by atoms with E-state index in [-0.39, 0.29) is 11.6 Å². The molecule has 0 fully saturated rings. The molecule has 0 bridgehead atoms. The van der Waals surface area contributed by atoms with E-state index >= 15 is 0 Å². The number of nitriles is 1. The third-order valence-corrected chi connectivity index (χ3v) is 5.24. The van der Waals surface area contributed by atoms with Crippen LogP contribution in [0.25, 0.3) is 17.1 Å². The lowest BCUT2D eigenvalue weighted by atomic mass is 10.2. The van der Waals surface area contributed by atoms with Crippen LogP contribution in [0.5, 0.6) is 0 Å². The van der Waals surface area contributed by atoms with Gasteiger partial charge in [-0.1, -0.05) is 23.9 Å². The summed E-state index contributed by atoms with van der Waals surface area (Å²) in [5.41, 5.74) is 2.96. The zero-order valence-corrected chi connectivity index (χ0v) is 15.9. The molecule has 4 rings (SSSR count). The highest BCUT2D eigenvalue weighted by molar-refractivity contribution is 7.98. The zero-order valence-electron chi connectivity index (χ0n) is 15.1. The van der Waals surface area contributed by atoms with Crippen molar-refractivity contribution < 1.29 is 8.78 Å².